The summed E-state index contributed by atoms with van der Waals surface area (Å²) in [7, 11) is 1.49. The number of nitrogens with one attached hydrogen (secondary N) is 1. The van der Waals surface area contributed by atoms with Gasteiger partial charge in [-0.25, -0.2) is 10.2 Å². The third-order valence-electron chi connectivity index (χ3n) is 3.52. The minimum Gasteiger partial charge on any atom is -0.493 e. The Labute approximate surface area is 171 Å². The van der Waals surface area contributed by atoms with Gasteiger partial charge >= 0.3 is 5.97 Å². The van der Waals surface area contributed by atoms with E-state index in [2.05, 4.69) is 26.5 Å². The van der Waals surface area contributed by atoms with Gasteiger partial charge in [-0.15, -0.1) is 0 Å². The lowest BCUT2D eigenvalue weighted by Gasteiger charge is -2.10. The van der Waals surface area contributed by atoms with Gasteiger partial charge in [-0.2, -0.15) is 5.10 Å². The Hall–Kier alpha value is -2.87. The number of hydrogen-bond acceptors (Lipinski definition) is 6. The predicted octanol–water partition coefficient (Wildman–Crippen LogP) is 3.09. The van der Waals surface area contributed by atoms with E-state index in [1.165, 1.54) is 13.3 Å². The zero-order valence-corrected chi connectivity index (χ0v) is 17.2. The molecule has 0 spiro atoms. The van der Waals surface area contributed by atoms with E-state index in [0.29, 0.717) is 23.7 Å². The molecule has 0 heterocycles. The number of methoxy groups -OCH3 is 1. The Morgan fingerprint density at radius 2 is 1.89 bits per heavy atom. The molecule has 1 amide bonds. The standard InChI is InChI=1S/C20H21BrN2O5/c1-3-27-20(25)13-28-17-9-6-15(10-18(17)26-2)12-22-23-19(24)11-14-4-7-16(21)8-5-14/h4-10,12H,3,11,13H2,1-2H3,(H,23,24)/b22-12-. The van der Waals surface area contributed by atoms with E-state index in [0.717, 1.165) is 10.0 Å². The molecular weight excluding hydrogens is 428 g/mol. The highest BCUT2D eigenvalue weighted by Gasteiger charge is 2.09. The smallest absolute Gasteiger partial charge is 0.344 e. The second-order valence-corrected chi connectivity index (χ2v) is 6.52. The van der Waals surface area contributed by atoms with E-state index >= 15 is 0 Å². The van der Waals surface area contributed by atoms with Gasteiger partial charge in [-0.1, -0.05) is 28.1 Å². The molecule has 28 heavy (non-hydrogen) atoms. The van der Waals surface area contributed by atoms with Crippen molar-refractivity contribution in [3.8, 4) is 11.5 Å². The fourth-order valence-electron chi connectivity index (χ4n) is 2.23. The molecule has 0 aliphatic carbocycles. The van der Waals surface area contributed by atoms with Crippen LogP contribution in [-0.2, 0) is 20.7 Å². The van der Waals surface area contributed by atoms with Crippen molar-refractivity contribution in [2.45, 2.75) is 13.3 Å². The number of halogens is 1. The van der Waals surface area contributed by atoms with Gasteiger partial charge in [0.25, 0.3) is 0 Å². The van der Waals surface area contributed by atoms with E-state index < -0.39 is 5.97 Å². The number of amides is 1. The molecule has 8 heteroatoms. The molecule has 0 saturated carbocycles. The number of benzene rings is 2. The van der Waals surface area contributed by atoms with Crippen LogP contribution in [0.25, 0.3) is 0 Å². The Bertz CT molecular complexity index is 837. The number of nitrogens with zero attached hydrogens (tertiary/aromatic N) is 1. The highest BCUT2D eigenvalue weighted by atomic mass is 79.9. The van der Waals surface area contributed by atoms with Crippen molar-refractivity contribution < 1.29 is 23.8 Å². The summed E-state index contributed by atoms with van der Waals surface area (Å²) in [4.78, 5) is 23.3. The zero-order valence-electron chi connectivity index (χ0n) is 15.6. The molecule has 2 rings (SSSR count). The monoisotopic (exact) mass is 448 g/mol. The third kappa shape index (κ3) is 7.03. The van der Waals surface area contributed by atoms with Crippen LogP contribution in [0, 0.1) is 0 Å². The molecule has 0 aliphatic heterocycles. The second kappa shape index (κ2) is 11.1. The Kier molecular flexibility index (Phi) is 8.48. The van der Waals surface area contributed by atoms with Crippen LogP contribution in [0.5, 0.6) is 11.5 Å². The summed E-state index contributed by atoms with van der Waals surface area (Å²) in [5.74, 6) is 0.171. The second-order valence-electron chi connectivity index (χ2n) is 5.60. The summed E-state index contributed by atoms with van der Waals surface area (Å²) in [6, 6.07) is 12.6. The van der Waals surface area contributed by atoms with Crippen LogP contribution in [0.1, 0.15) is 18.1 Å². The molecule has 0 atom stereocenters. The van der Waals surface area contributed by atoms with E-state index in [9.17, 15) is 9.59 Å². The quantitative estimate of drug-likeness (QED) is 0.361. The summed E-state index contributed by atoms with van der Waals surface area (Å²) in [5.41, 5.74) is 4.07. The number of carbonyl (C=O) groups is 2. The molecule has 2 aromatic carbocycles. The largest absolute Gasteiger partial charge is 0.493 e. The van der Waals surface area contributed by atoms with Gasteiger partial charge in [0.1, 0.15) is 0 Å². The van der Waals surface area contributed by atoms with Crippen LogP contribution in [-0.4, -0.2) is 38.4 Å². The number of rotatable bonds is 9. The van der Waals surface area contributed by atoms with Crippen LogP contribution in [0.4, 0.5) is 0 Å². The van der Waals surface area contributed by atoms with Gasteiger partial charge in [0.15, 0.2) is 18.1 Å². The summed E-state index contributed by atoms with van der Waals surface area (Å²) in [6.45, 7) is 1.82. The Morgan fingerprint density at radius 1 is 1.14 bits per heavy atom. The molecular formula is C20H21BrN2O5. The predicted molar refractivity (Wildman–Crippen MR) is 109 cm³/mol. The van der Waals surface area contributed by atoms with Gasteiger partial charge in [0.05, 0.1) is 26.4 Å². The highest BCUT2D eigenvalue weighted by Crippen LogP contribution is 2.27. The minimum absolute atomic E-state index is 0.205. The van der Waals surface area contributed by atoms with Crippen molar-refractivity contribution in [3.05, 3.63) is 58.1 Å². The van der Waals surface area contributed by atoms with E-state index in [4.69, 9.17) is 14.2 Å². The summed E-state index contributed by atoms with van der Waals surface area (Å²) in [5, 5.41) is 3.95. The average Bonchev–Trinajstić information content (AvgIpc) is 2.68. The van der Waals surface area contributed by atoms with Crippen molar-refractivity contribution in [2.24, 2.45) is 5.10 Å². The summed E-state index contributed by atoms with van der Waals surface area (Å²) < 4.78 is 16.4. The molecule has 0 bridgehead atoms. The molecule has 7 nitrogen and oxygen atoms in total. The summed E-state index contributed by atoms with van der Waals surface area (Å²) in [6.07, 6.45) is 1.73. The summed E-state index contributed by atoms with van der Waals surface area (Å²) >= 11 is 3.35. The Balaban J connectivity index is 1.91. The fraction of sp³-hybridized carbons (Fsp3) is 0.250. The highest BCUT2D eigenvalue weighted by molar-refractivity contribution is 9.10. The van der Waals surface area contributed by atoms with Gasteiger partial charge < -0.3 is 14.2 Å². The first kappa shape index (κ1) is 21.4. The maximum Gasteiger partial charge on any atom is 0.344 e. The number of carbonyl (C=O) groups excluding carboxylic acids is 2. The molecule has 0 aliphatic rings. The van der Waals surface area contributed by atoms with Gasteiger partial charge in [0.2, 0.25) is 5.91 Å². The van der Waals surface area contributed by atoms with E-state index in [1.807, 2.05) is 24.3 Å². The van der Waals surface area contributed by atoms with Gasteiger partial charge in [-0.05, 0) is 48.4 Å². The lowest BCUT2D eigenvalue weighted by atomic mass is 10.1. The normalized spacial score (nSPS) is 10.5. The van der Waals surface area contributed by atoms with Crippen molar-refractivity contribution >= 4 is 34.0 Å². The zero-order chi connectivity index (χ0) is 20.4. The third-order valence-corrected chi connectivity index (χ3v) is 4.05. The van der Waals surface area contributed by atoms with Gasteiger partial charge in [0, 0.05) is 4.47 Å². The number of hydrazone groups is 1. The van der Waals surface area contributed by atoms with Gasteiger partial charge in [-0.3, -0.25) is 4.79 Å². The number of esters is 1. The molecule has 148 valence electrons. The molecule has 0 saturated heterocycles. The molecule has 0 unspecified atom stereocenters. The van der Waals surface area contributed by atoms with E-state index in [1.54, 1.807) is 25.1 Å². The first-order valence-corrected chi connectivity index (χ1v) is 9.34. The average molecular weight is 449 g/mol. The first-order valence-electron chi connectivity index (χ1n) is 8.54. The molecule has 2 aromatic rings. The molecule has 0 fully saturated rings. The van der Waals surface area contributed by atoms with Crippen LogP contribution < -0.4 is 14.9 Å². The molecule has 0 radical (unpaired) electrons. The van der Waals surface area contributed by atoms with Crippen molar-refractivity contribution in [1.82, 2.24) is 5.43 Å². The lowest BCUT2D eigenvalue weighted by Crippen LogP contribution is -2.19. The van der Waals surface area contributed by atoms with Crippen molar-refractivity contribution in [2.75, 3.05) is 20.3 Å². The number of ether oxygens (including phenoxy) is 3. The van der Waals surface area contributed by atoms with Crippen LogP contribution in [0.15, 0.2) is 52.0 Å². The Morgan fingerprint density at radius 3 is 2.57 bits per heavy atom. The number of hydrogen-bond donors (Lipinski definition) is 1. The minimum atomic E-state index is -0.455. The molecule has 1 N–H and O–H groups in total. The van der Waals surface area contributed by atoms with Crippen LogP contribution >= 0.6 is 15.9 Å². The maximum atomic E-state index is 11.9. The maximum absolute atomic E-state index is 11.9. The van der Waals surface area contributed by atoms with E-state index in [-0.39, 0.29) is 18.9 Å². The topological polar surface area (TPSA) is 86.2 Å². The fourth-order valence-corrected chi connectivity index (χ4v) is 2.49. The van der Waals surface area contributed by atoms with Crippen molar-refractivity contribution in [3.63, 3.8) is 0 Å². The first-order chi connectivity index (χ1) is 13.5. The molecule has 0 aromatic heterocycles. The SMILES string of the molecule is CCOC(=O)COc1ccc(/C=N\NC(=O)Cc2ccc(Br)cc2)cc1OC. The lowest BCUT2D eigenvalue weighted by molar-refractivity contribution is -0.145. The van der Waals surface area contributed by atoms with Crippen molar-refractivity contribution in [1.29, 1.82) is 0 Å². The van der Waals surface area contributed by atoms with Crippen LogP contribution in [0.2, 0.25) is 0 Å². The van der Waals surface area contributed by atoms with Crippen LogP contribution in [0.3, 0.4) is 0 Å².